The first-order valence-corrected chi connectivity index (χ1v) is 19.9. The molecule has 0 bridgehead atoms. The quantitative estimate of drug-likeness (QED) is 0.182. The molecule has 9 aromatic rings. The van der Waals surface area contributed by atoms with E-state index in [9.17, 15) is 0 Å². The van der Waals surface area contributed by atoms with E-state index < -0.39 is 0 Å². The maximum absolute atomic E-state index is 4.65. The smallest absolute Gasteiger partial charge is 0.194 e. The largest absolute Gasteiger partial charge is 0.297 e. The van der Waals surface area contributed by atoms with Gasteiger partial charge in [0.05, 0.1) is 17.1 Å². The molecule has 6 aromatic heterocycles. The second-order valence-electron chi connectivity index (χ2n) is 11.5. The summed E-state index contributed by atoms with van der Waals surface area (Å²) >= 11 is 5.06. The molecule has 262 valence electrons. The van der Waals surface area contributed by atoms with Crippen molar-refractivity contribution in [1.29, 1.82) is 0 Å². The van der Waals surface area contributed by atoms with E-state index in [1.807, 2.05) is 45.9 Å². The number of imidazole rings is 3. The van der Waals surface area contributed by atoms with Crippen LogP contribution in [0.4, 0.5) is 0 Å². The Morgan fingerprint density at radius 2 is 0.961 bits per heavy atom. The van der Waals surface area contributed by atoms with Crippen molar-refractivity contribution < 1.29 is 0 Å². The van der Waals surface area contributed by atoms with Gasteiger partial charge < -0.3 is 0 Å². The Balaban J connectivity index is 0.000000141. The molecule has 9 heteroatoms. The number of fused-ring (bicyclic) bond motifs is 3. The highest BCUT2D eigenvalue weighted by atomic mass is 32.1. The minimum atomic E-state index is 1.05. The zero-order chi connectivity index (χ0) is 36.5. The molecule has 0 amide bonds. The summed E-state index contributed by atoms with van der Waals surface area (Å²) in [4.78, 5) is 18.4. The molecule has 0 aliphatic carbocycles. The molecule has 3 aromatic carbocycles. The van der Waals surface area contributed by atoms with Gasteiger partial charge >= 0.3 is 0 Å². The topological polar surface area (TPSA) is 51.9 Å². The van der Waals surface area contributed by atoms with Crippen LogP contribution in [-0.4, -0.2) is 28.2 Å². The molecule has 51 heavy (non-hydrogen) atoms. The maximum atomic E-state index is 4.65. The standard InChI is InChI=1S/2C13H12N2S.C12H10N2S.2C2H6/c1-9-3-5-11(6-4-9)12-8-15-7-10(2)16-13(15)14-12;1-9-3-5-11(6-4-9)12-10(2)15-7-8-16-13(15)14-12;1-9-11(10-5-3-2-4-6-10)13-12-14(9)7-8-15-12;2*1-2/h2*3-8H,1-2H3;2-8H,1H3;2*1-2H3. The molecule has 0 spiro atoms. The fraction of sp³-hybridized carbons (Fsp3) is 0.214. The molecule has 0 radical (unpaired) electrons. The molecule has 0 fully saturated rings. The van der Waals surface area contributed by atoms with Crippen molar-refractivity contribution in [2.45, 2.75) is 62.3 Å². The first-order valence-electron chi connectivity index (χ1n) is 17.3. The van der Waals surface area contributed by atoms with E-state index in [4.69, 9.17) is 0 Å². The van der Waals surface area contributed by atoms with Crippen LogP contribution in [0.2, 0.25) is 0 Å². The third-order valence-corrected chi connectivity index (χ3v) is 10.4. The van der Waals surface area contributed by atoms with Crippen LogP contribution in [0.15, 0.2) is 114 Å². The number of hydrogen-bond donors (Lipinski definition) is 0. The molecule has 0 saturated heterocycles. The van der Waals surface area contributed by atoms with Gasteiger partial charge in [-0.25, -0.2) is 15.0 Å². The second-order valence-corrected chi connectivity index (χ2v) is 14.4. The molecule has 0 N–H and O–H groups in total. The van der Waals surface area contributed by atoms with Crippen molar-refractivity contribution in [3.05, 3.63) is 142 Å². The summed E-state index contributed by atoms with van der Waals surface area (Å²) in [6.07, 6.45) is 8.34. The van der Waals surface area contributed by atoms with Gasteiger partial charge in [-0.3, -0.25) is 13.2 Å². The molecule has 0 saturated carbocycles. The highest BCUT2D eigenvalue weighted by Gasteiger charge is 2.11. The van der Waals surface area contributed by atoms with Crippen LogP contribution in [0.1, 0.15) is 55.1 Å². The van der Waals surface area contributed by atoms with Gasteiger partial charge in [0.1, 0.15) is 0 Å². The van der Waals surface area contributed by atoms with Gasteiger partial charge in [0.25, 0.3) is 0 Å². The Hall–Kier alpha value is -4.83. The zero-order valence-corrected chi connectivity index (χ0v) is 33.3. The van der Waals surface area contributed by atoms with E-state index in [2.05, 4.69) is 159 Å². The molecule has 0 unspecified atom stereocenters. The Morgan fingerprint density at radius 3 is 1.43 bits per heavy atom. The fourth-order valence-corrected chi connectivity index (χ4v) is 7.75. The highest BCUT2D eigenvalue weighted by molar-refractivity contribution is 7.17. The lowest BCUT2D eigenvalue weighted by atomic mass is 10.1. The summed E-state index contributed by atoms with van der Waals surface area (Å²) in [5.41, 5.74) is 11.8. The van der Waals surface area contributed by atoms with E-state index in [0.717, 1.165) is 32.0 Å². The van der Waals surface area contributed by atoms with E-state index in [1.165, 1.54) is 44.1 Å². The predicted molar refractivity (Wildman–Crippen MR) is 222 cm³/mol. The van der Waals surface area contributed by atoms with E-state index in [1.54, 1.807) is 34.0 Å². The number of benzene rings is 3. The number of nitrogens with zero attached hydrogens (tertiary/aromatic N) is 6. The lowest BCUT2D eigenvalue weighted by Gasteiger charge is -1.99. The number of thiazole rings is 3. The molecule has 0 atom stereocenters. The minimum absolute atomic E-state index is 1.05. The van der Waals surface area contributed by atoms with Crippen molar-refractivity contribution in [3.63, 3.8) is 0 Å². The van der Waals surface area contributed by atoms with Crippen LogP contribution in [0.25, 0.3) is 48.7 Å². The molecule has 0 aliphatic rings. The van der Waals surface area contributed by atoms with Crippen molar-refractivity contribution in [2.24, 2.45) is 0 Å². The normalized spacial score (nSPS) is 10.5. The summed E-state index contributed by atoms with van der Waals surface area (Å²) in [6.45, 7) is 18.5. The van der Waals surface area contributed by atoms with E-state index in [-0.39, 0.29) is 0 Å². The summed E-state index contributed by atoms with van der Waals surface area (Å²) in [6, 6.07) is 27.3. The second kappa shape index (κ2) is 17.4. The molecule has 6 heterocycles. The summed E-state index contributed by atoms with van der Waals surface area (Å²) < 4.78 is 6.36. The average molecular weight is 731 g/mol. The number of rotatable bonds is 3. The number of aromatic nitrogens is 6. The van der Waals surface area contributed by atoms with Gasteiger partial charge in [-0.05, 0) is 34.6 Å². The third-order valence-electron chi connectivity index (χ3n) is 7.99. The number of hydrogen-bond acceptors (Lipinski definition) is 6. The Kier molecular flexibility index (Phi) is 12.8. The summed E-state index contributed by atoms with van der Waals surface area (Å²) in [5, 5.41) is 4.12. The van der Waals surface area contributed by atoms with Crippen molar-refractivity contribution >= 4 is 48.9 Å². The molecule has 0 aliphatic heterocycles. The SMILES string of the molecule is CC.CC.Cc1c(-c2ccccc2)nc2sccn12.Cc1ccc(-c2cn3cc(C)sc3n2)cc1.Cc1ccc(-c2nc3sccn3c2C)cc1. The monoisotopic (exact) mass is 730 g/mol. The molecular weight excluding hydrogens is 685 g/mol. The predicted octanol–water partition coefficient (Wildman–Crippen LogP) is 12.8. The number of aryl methyl sites for hydroxylation is 5. The molecule has 6 nitrogen and oxygen atoms in total. The lowest BCUT2D eigenvalue weighted by molar-refractivity contribution is 1.14. The van der Waals surface area contributed by atoms with Crippen LogP contribution >= 0.6 is 34.0 Å². The fourth-order valence-electron chi connectivity index (χ4n) is 5.43. The van der Waals surface area contributed by atoms with Crippen molar-refractivity contribution in [3.8, 4) is 33.8 Å². The van der Waals surface area contributed by atoms with Crippen LogP contribution in [-0.2, 0) is 0 Å². The van der Waals surface area contributed by atoms with Gasteiger partial charge in [-0.1, -0.05) is 118 Å². The van der Waals surface area contributed by atoms with Crippen molar-refractivity contribution in [1.82, 2.24) is 28.2 Å². The first-order chi connectivity index (χ1) is 24.8. The van der Waals surface area contributed by atoms with Crippen LogP contribution in [0, 0.1) is 34.6 Å². The summed E-state index contributed by atoms with van der Waals surface area (Å²) in [7, 11) is 0. The zero-order valence-electron chi connectivity index (χ0n) is 30.9. The maximum Gasteiger partial charge on any atom is 0.194 e. The van der Waals surface area contributed by atoms with Crippen LogP contribution < -0.4 is 0 Å². The van der Waals surface area contributed by atoms with Crippen LogP contribution in [0.5, 0.6) is 0 Å². The van der Waals surface area contributed by atoms with Gasteiger partial charge in [0.15, 0.2) is 14.9 Å². The summed E-state index contributed by atoms with van der Waals surface area (Å²) in [5.74, 6) is 0. The third kappa shape index (κ3) is 8.56. The average Bonchev–Trinajstić information content (AvgIpc) is 4.01. The van der Waals surface area contributed by atoms with E-state index >= 15 is 0 Å². The Bertz CT molecular complexity index is 2370. The van der Waals surface area contributed by atoms with Gasteiger partial charge in [-0.2, -0.15) is 0 Å². The molecular formula is C42H46N6S3. The van der Waals surface area contributed by atoms with Gasteiger partial charge in [-0.15, -0.1) is 34.0 Å². The van der Waals surface area contributed by atoms with Gasteiger partial charge in [0.2, 0.25) is 0 Å². The Morgan fingerprint density at radius 1 is 0.490 bits per heavy atom. The van der Waals surface area contributed by atoms with Crippen LogP contribution in [0.3, 0.4) is 0 Å². The van der Waals surface area contributed by atoms with E-state index in [0.29, 0.717) is 0 Å². The minimum Gasteiger partial charge on any atom is -0.297 e. The Labute approximate surface area is 313 Å². The first kappa shape index (κ1) is 37.4. The molecule has 9 rings (SSSR count). The highest BCUT2D eigenvalue weighted by Crippen LogP contribution is 2.27. The van der Waals surface area contributed by atoms with Crippen molar-refractivity contribution in [2.75, 3.05) is 0 Å². The lowest BCUT2D eigenvalue weighted by Crippen LogP contribution is -1.84. The van der Waals surface area contributed by atoms with Gasteiger partial charge in [0, 0.05) is 68.5 Å².